The zero-order chi connectivity index (χ0) is 29.9. The smallest absolute Gasteiger partial charge is 0.419 e. The van der Waals surface area contributed by atoms with Gasteiger partial charge in [0.2, 0.25) is 5.95 Å². The Kier molecular flexibility index (Phi) is 8.38. The van der Waals surface area contributed by atoms with Crippen LogP contribution < -0.4 is 5.32 Å². The molecule has 1 aromatic heterocycles. The van der Waals surface area contributed by atoms with Gasteiger partial charge in [0.05, 0.1) is 23.8 Å². The van der Waals surface area contributed by atoms with Crippen LogP contribution in [0.1, 0.15) is 66.0 Å². The Bertz CT molecular complexity index is 1430. The number of methoxy groups -OCH3 is 1. The van der Waals surface area contributed by atoms with Gasteiger partial charge in [-0.2, -0.15) is 13.2 Å². The number of rotatable bonds is 8. The average molecular weight is 583 g/mol. The average Bonchev–Trinajstić information content (AvgIpc) is 2.96. The highest BCUT2D eigenvalue weighted by molar-refractivity contribution is 5.84. The summed E-state index contributed by atoms with van der Waals surface area (Å²) in [7, 11) is 1.36. The van der Waals surface area contributed by atoms with Gasteiger partial charge >= 0.3 is 18.2 Å². The van der Waals surface area contributed by atoms with Gasteiger partial charge in [0.15, 0.2) is 0 Å². The minimum Gasteiger partial charge on any atom is -0.468 e. The van der Waals surface area contributed by atoms with Gasteiger partial charge in [-0.3, -0.25) is 4.79 Å². The van der Waals surface area contributed by atoms with Crippen LogP contribution in [0.25, 0.3) is 0 Å². The number of esters is 1. The number of nitrogens with one attached hydrogen (secondary N) is 1. The molecule has 42 heavy (non-hydrogen) atoms. The standard InChI is InChI=1S/C31H33F3N4O4/c1-42-27(39)30(15-4-16-30)24-6-3-2-5-22(24)9-12-26-25(31(32,33)34)19-35-28(37-26)36-23-10-7-20(8-11-23)21-13-17-38(18-14-21)29(40)41/h2-3,5-8,10-11,19,21H,4,9,12-18H2,1H3,(H,40,41)(H,35,36,37). The fourth-order valence-corrected chi connectivity index (χ4v) is 6.04. The SMILES string of the molecule is COC(=O)C1(c2ccccc2CCc2nc(Nc3ccc(C4CCN(C(=O)O)CC4)cc3)ncc2C(F)(F)F)CCC1. The molecule has 8 nitrogen and oxygen atoms in total. The van der Waals surface area contributed by atoms with Gasteiger partial charge in [-0.1, -0.05) is 42.8 Å². The van der Waals surface area contributed by atoms with Crippen LogP contribution in [0.3, 0.4) is 0 Å². The fourth-order valence-electron chi connectivity index (χ4n) is 6.04. The number of hydrogen-bond donors (Lipinski definition) is 2. The van der Waals surface area contributed by atoms with Crippen molar-refractivity contribution in [1.82, 2.24) is 14.9 Å². The van der Waals surface area contributed by atoms with Gasteiger partial charge in [0.25, 0.3) is 0 Å². The summed E-state index contributed by atoms with van der Waals surface area (Å²) in [5, 5.41) is 12.2. The van der Waals surface area contributed by atoms with E-state index in [1.54, 1.807) is 0 Å². The number of carboxylic acid groups (broad SMARTS) is 1. The molecule has 5 rings (SSSR count). The zero-order valence-electron chi connectivity index (χ0n) is 23.3. The molecule has 1 amide bonds. The second kappa shape index (κ2) is 12.0. The van der Waals surface area contributed by atoms with Gasteiger partial charge in [-0.25, -0.2) is 14.8 Å². The first-order chi connectivity index (χ1) is 20.1. The first kappa shape index (κ1) is 29.3. The molecule has 2 N–H and O–H groups in total. The maximum absolute atomic E-state index is 13.9. The van der Waals surface area contributed by atoms with Gasteiger partial charge in [-0.15, -0.1) is 0 Å². The molecule has 2 heterocycles. The topological polar surface area (TPSA) is 105 Å². The molecule has 0 radical (unpaired) electrons. The van der Waals surface area contributed by atoms with Crippen molar-refractivity contribution in [2.45, 2.75) is 62.5 Å². The summed E-state index contributed by atoms with van der Waals surface area (Å²) < 4.78 is 46.8. The van der Waals surface area contributed by atoms with Crippen molar-refractivity contribution in [2.24, 2.45) is 0 Å². The van der Waals surface area contributed by atoms with E-state index < -0.39 is 23.2 Å². The molecule has 1 aliphatic carbocycles. The molecule has 2 aliphatic rings. The predicted octanol–water partition coefficient (Wildman–Crippen LogP) is 6.48. The summed E-state index contributed by atoms with van der Waals surface area (Å²) in [6.45, 7) is 0.965. The Morgan fingerprint density at radius 2 is 1.76 bits per heavy atom. The van der Waals surface area contributed by atoms with Crippen molar-refractivity contribution in [3.63, 3.8) is 0 Å². The summed E-state index contributed by atoms with van der Waals surface area (Å²) in [6, 6.07) is 14.9. The molecule has 3 aromatic rings. The number of hydrogen-bond acceptors (Lipinski definition) is 6. The van der Waals surface area contributed by atoms with Crippen LogP contribution in [-0.2, 0) is 34.0 Å². The number of benzene rings is 2. The second-order valence-electron chi connectivity index (χ2n) is 10.9. The van der Waals surface area contributed by atoms with E-state index in [9.17, 15) is 22.8 Å². The summed E-state index contributed by atoms with van der Waals surface area (Å²) in [6.07, 6.45) is -0.806. The van der Waals surface area contributed by atoms with Gasteiger partial charge < -0.3 is 20.1 Å². The lowest BCUT2D eigenvalue weighted by Gasteiger charge is -2.40. The van der Waals surface area contributed by atoms with Crippen LogP contribution in [0.5, 0.6) is 0 Å². The maximum atomic E-state index is 13.9. The summed E-state index contributed by atoms with van der Waals surface area (Å²) in [4.78, 5) is 33.5. The van der Waals surface area contributed by atoms with Crippen molar-refractivity contribution in [3.05, 3.63) is 82.7 Å². The number of aromatic nitrogens is 2. The molecule has 2 aromatic carbocycles. The number of halogens is 3. The van der Waals surface area contributed by atoms with Crippen molar-refractivity contribution >= 4 is 23.7 Å². The van der Waals surface area contributed by atoms with Gasteiger partial charge in [-0.05, 0) is 73.3 Å². The molecule has 222 valence electrons. The first-order valence-corrected chi connectivity index (χ1v) is 14.1. The Morgan fingerprint density at radius 3 is 2.36 bits per heavy atom. The van der Waals surface area contributed by atoms with E-state index in [1.807, 2.05) is 48.5 Å². The molecule has 2 fully saturated rings. The van der Waals surface area contributed by atoms with Crippen LogP contribution in [0, 0.1) is 0 Å². The van der Waals surface area contributed by atoms with Crippen LogP contribution in [0.4, 0.5) is 29.6 Å². The third kappa shape index (κ3) is 6.05. The normalized spacial score (nSPS) is 16.9. The molecule has 0 atom stereocenters. The maximum Gasteiger partial charge on any atom is 0.419 e. The molecule has 1 saturated heterocycles. The first-order valence-electron chi connectivity index (χ1n) is 14.1. The number of ether oxygens (including phenoxy) is 1. The number of carbonyl (C=O) groups is 2. The highest BCUT2D eigenvalue weighted by atomic mass is 19.4. The number of piperidine rings is 1. The minimum absolute atomic E-state index is 0.00822. The van der Waals surface area contributed by atoms with E-state index in [0.717, 1.165) is 42.1 Å². The number of alkyl halides is 3. The lowest BCUT2D eigenvalue weighted by Crippen LogP contribution is -2.44. The van der Waals surface area contributed by atoms with Gasteiger partial charge in [0.1, 0.15) is 0 Å². The fraction of sp³-hybridized carbons (Fsp3) is 0.419. The van der Waals surface area contributed by atoms with E-state index in [-0.39, 0.29) is 36.4 Å². The largest absolute Gasteiger partial charge is 0.468 e. The number of amides is 1. The van der Waals surface area contributed by atoms with E-state index in [2.05, 4.69) is 15.3 Å². The lowest BCUT2D eigenvalue weighted by molar-refractivity contribution is -0.151. The number of aryl methyl sites for hydroxylation is 2. The molecule has 1 saturated carbocycles. The highest BCUT2D eigenvalue weighted by Crippen LogP contribution is 2.46. The summed E-state index contributed by atoms with van der Waals surface area (Å²) in [5.74, 6) is -0.0222. The third-order valence-electron chi connectivity index (χ3n) is 8.52. The molecular formula is C31H33F3N4O4. The Morgan fingerprint density at radius 1 is 1.07 bits per heavy atom. The number of carbonyl (C=O) groups excluding carboxylic acids is 1. The van der Waals surface area contributed by atoms with Crippen molar-refractivity contribution in [2.75, 3.05) is 25.5 Å². The Balaban J connectivity index is 1.32. The number of likely N-dealkylation sites (tertiary alicyclic amines) is 1. The van der Waals surface area contributed by atoms with Crippen LogP contribution in [0.15, 0.2) is 54.7 Å². The van der Waals surface area contributed by atoms with Crippen LogP contribution >= 0.6 is 0 Å². The van der Waals surface area contributed by atoms with Crippen molar-refractivity contribution in [3.8, 4) is 0 Å². The van der Waals surface area contributed by atoms with Gasteiger partial charge in [0, 0.05) is 25.0 Å². The Hall–Kier alpha value is -4.15. The zero-order valence-corrected chi connectivity index (χ0v) is 23.3. The van der Waals surface area contributed by atoms with Crippen LogP contribution in [-0.4, -0.2) is 52.2 Å². The summed E-state index contributed by atoms with van der Waals surface area (Å²) >= 11 is 0. The van der Waals surface area contributed by atoms with E-state index in [0.29, 0.717) is 31.6 Å². The number of anilines is 2. The Labute approximate surface area is 241 Å². The molecule has 0 bridgehead atoms. The van der Waals surface area contributed by atoms with Crippen LogP contribution in [0.2, 0.25) is 0 Å². The predicted molar refractivity (Wildman–Crippen MR) is 150 cm³/mol. The second-order valence-corrected chi connectivity index (χ2v) is 10.9. The third-order valence-corrected chi connectivity index (χ3v) is 8.52. The minimum atomic E-state index is -4.62. The van der Waals surface area contributed by atoms with Crippen molar-refractivity contribution in [1.29, 1.82) is 0 Å². The monoisotopic (exact) mass is 582 g/mol. The lowest BCUT2D eigenvalue weighted by atomic mass is 9.63. The molecule has 0 spiro atoms. The highest BCUT2D eigenvalue weighted by Gasteiger charge is 2.47. The van der Waals surface area contributed by atoms with E-state index in [4.69, 9.17) is 9.84 Å². The molecule has 0 unspecified atom stereocenters. The number of nitrogens with zero attached hydrogens (tertiary/aromatic N) is 3. The van der Waals surface area contributed by atoms with E-state index in [1.165, 1.54) is 12.0 Å². The van der Waals surface area contributed by atoms with E-state index >= 15 is 0 Å². The molecular weight excluding hydrogens is 549 g/mol. The quantitative estimate of drug-likeness (QED) is 0.293. The molecule has 1 aliphatic heterocycles. The van der Waals surface area contributed by atoms with Crippen molar-refractivity contribution < 1.29 is 32.6 Å². The summed E-state index contributed by atoms with van der Waals surface area (Å²) in [5.41, 5.74) is 1.54. The molecule has 11 heteroatoms.